The van der Waals surface area contributed by atoms with Gasteiger partial charge in [-0.2, -0.15) is 0 Å². The highest BCUT2D eigenvalue weighted by Crippen LogP contribution is 2.13. The molecule has 1 unspecified atom stereocenters. The van der Waals surface area contributed by atoms with Gasteiger partial charge in [-0.3, -0.25) is 10.1 Å². The van der Waals surface area contributed by atoms with Crippen LogP contribution in [0.4, 0.5) is 5.69 Å². The largest absolute Gasteiger partial charge is 0.303 e. The van der Waals surface area contributed by atoms with Gasteiger partial charge in [0.1, 0.15) is 17.3 Å². The third kappa shape index (κ3) is 5.88. The Morgan fingerprint density at radius 3 is 2.18 bits per heavy atom. The summed E-state index contributed by atoms with van der Waals surface area (Å²) in [6, 6.07) is 5.57. The number of non-ortho nitro benzene ring substituents is 1. The molecule has 0 saturated carbocycles. The molecular formula is C10H14N2O4S. The normalized spacial score (nSPS) is 10.9. The number of nitro benzene ring substituents is 1. The summed E-state index contributed by atoms with van der Waals surface area (Å²) in [7, 11) is 0.269. The highest BCUT2D eigenvalue weighted by molar-refractivity contribution is 7.83. The number of benzene rings is 1. The molecular weight excluding hydrogens is 244 g/mol. The number of rotatable bonds is 4. The van der Waals surface area contributed by atoms with Gasteiger partial charge in [-0.1, -0.05) is 6.92 Å². The summed E-state index contributed by atoms with van der Waals surface area (Å²) >= 11 is 0. The molecule has 0 saturated heterocycles. The Hall–Kier alpha value is -1.60. The summed E-state index contributed by atoms with van der Waals surface area (Å²) in [6.07, 6.45) is 1.51. The molecule has 0 aliphatic rings. The van der Waals surface area contributed by atoms with Gasteiger partial charge < -0.3 is 4.79 Å². The molecule has 0 aliphatic heterocycles. The van der Waals surface area contributed by atoms with E-state index in [0.717, 1.165) is 6.29 Å². The summed E-state index contributed by atoms with van der Waals surface area (Å²) in [5.41, 5.74) is -0.00291. The van der Waals surface area contributed by atoms with Crippen LogP contribution in [-0.2, 0) is 15.8 Å². The zero-order valence-electron chi connectivity index (χ0n) is 9.58. The van der Waals surface area contributed by atoms with Gasteiger partial charge in [0.25, 0.3) is 5.69 Å². The van der Waals surface area contributed by atoms with Gasteiger partial charge in [-0.15, -0.1) is 0 Å². The number of aldehydes is 1. The molecule has 1 aromatic carbocycles. The second kappa shape index (κ2) is 8.54. The van der Waals surface area contributed by atoms with E-state index in [0.29, 0.717) is 11.3 Å². The Morgan fingerprint density at radius 1 is 1.41 bits per heavy atom. The van der Waals surface area contributed by atoms with Gasteiger partial charge in [0.15, 0.2) is 0 Å². The molecule has 0 fully saturated rings. The summed E-state index contributed by atoms with van der Waals surface area (Å²) < 4.78 is 13.7. The quantitative estimate of drug-likeness (QED) is 0.502. The lowest BCUT2D eigenvalue weighted by Crippen LogP contribution is -2.10. The second-order valence-corrected chi connectivity index (χ2v) is 4.22. The molecule has 17 heavy (non-hydrogen) atoms. The fourth-order valence-electron chi connectivity index (χ4n) is 0.809. The monoisotopic (exact) mass is 258 g/mol. The van der Waals surface area contributed by atoms with Gasteiger partial charge in [-0.25, -0.2) is 8.93 Å². The Balaban J connectivity index is 0.000000557. The Labute approximate surface area is 102 Å². The maximum atomic E-state index is 11.1. The van der Waals surface area contributed by atoms with Crippen molar-refractivity contribution in [1.82, 2.24) is 4.72 Å². The molecule has 0 spiro atoms. The fourth-order valence-corrected chi connectivity index (χ4v) is 1.43. The molecule has 1 atom stereocenters. The smallest absolute Gasteiger partial charge is 0.269 e. The Kier molecular flexibility index (Phi) is 7.74. The standard InChI is InChI=1S/C7H8N2O3S.C3H6O/c1-8-13(12)7-4-2-6(3-5-7)9(10)11;1-2-3-4/h2-5,8H,1H3;3H,2H2,1H3. The number of nitrogens with one attached hydrogen (secondary N) is 1. The summed E-state index contributed by atoms with van der Waals surface area (Å²) in [5, 5.41) is 10.3. The molecule has 6 nitrogen and oxygen atoms in total. The highest BCUT2D eigenvalue weighted by atomic mass is 32.2. The molecule has 0 radical (unpaired) electrons. The van der Waals surface area contributed by atoms with Crippen LogP contribution in [0.1, 0.15) is 13.3 Å². The third-order valence-electron chi connectivity index (χ3n) is 1.61. The molecule has 1 aromatic rings. The Bertz CT molecular complexity index is 392. The minimum atomic E-state index is -1.28. The predicted octanol–water partition coefficient (Wildman–Crippen LogP) is 1.43. The van der Waals surface area contributed by atoms with Gasteiger partial charge in [0, 0.05) is 18.6 Å². The number of nitro groups is 1. The molecule has 1 N–H and O–H groups in total. The first kappa shape index (κ1) is 15.4. The molecule has 0 heterocycles. The maximum Gasteiger partial charge on any atom is 0.269 e. The summed E-state index contributed by atoms with van der Waals surface area (Å²) in [6.45, 7) is 1.81. The zero-order chi connectivity index (χ0) is 13.3. The van der Waals surface area contributed by atoms with E-state index in [4.69, 9.17) is 0 Å². The van der Waals surface area contributed by atoms with Crippen molar-refractivity contribution in [3.63, 3.8) is 0 Å². The van der Waals surface area contributed by atoms with E-state index in [1.807, 2.05) is 6.92 Å². The van der Waals surface area contributed by atoms with Crippen LogP contribution in [0.15, 0.2) is 29.2 Å². The van der Waals surface area contributed by atoms with E-state index >= 15 is 0 Å². The van der Waals surface area contributed by atoms with Gasteiger partial charge in [0.05, 0.1) is 9.82 Å². The lowest BCUT2D eigenvalue weighted by molar-refractivity contribution is -0.384. The number of carbonyl (C=O) groups is 1. The van der Waals surface area contributed by atoms with Crippen molar-refractivity contribution in [3.8, 4) is 0 Å². The highest BCUT2D eigenvalue weighted by Gasteiger charge is 2.06. The first-order valence-corrected chi connectivity index (χ1v) is 5.99. The van der Waals surface area contributed by atoms with Crippen LogP contribution in [0, 0.1) is 10.1 Å². The van der Waals surface area contributed by atoms with Crippen molar-refractivity contribution >= 4 is 23.0 Å². The van der Waals surface area contributed by atoms with E-state index in [1.54, 1.807) is 7.05 Å². The third-order valence-corrected chi connectivity index (χ3v) is 2.68. The van der Waals surface area contributed by atoms with E-state index in [-0.39, 0.29) is 5.69 Å². The van der Waals surface area contributed by atoms with Crippen molar-refractivity contribution in [2.45, 2.75) is 18.2 Å². The average Bonchev–Trinajstić information content (AvgIpc) is 2.38. The van der Waals surface area contributed by atoms with Crippen LogP contribution in [0.5, 0.6) is 0 Å². The van der Waals surface area contributed by atoms with E-state index in [1.165, 1.54) is 24.3 Å². The van der Waals surface area contributed by atoms with Gasteiger partial charge in [0.2, 0.25) is 0 Å². The molecule has 1 rings (SSSR count). The van der Waals surface area contributed by atoms with Crippen LogP contribution < -0.4 is 4.72 Å². The lowest BCUT2D eigenvalue weighted by Gasteiger charge is -1.97. The van der Waals surface area contributed by atoms with E-state index in [9.17, 15) is 19.1 Å². The van der Waals surface area contributed by atoms with Crippen molar-refractivity contribution in [2.24, 2.45) is 0 Å². The van der Waals surface area contributed by atoms with Crippen LogP contribution in [0.25, 0.3) is 0 Å². The van der Waals surface area contributed by atoms with Crippen molar-refractivity contribution < 1.29 is 13.9 Å². The predicted molar refractivity (Wildman–Crippen MR) is 64.9 cm³/mol. The van der Waals surface area contributed by atoms with Gasteiger partial charge in [-0.05, 0) is 19.2 Å². The van der Waals surface area contributed by atoms with E-state index < -0.39 is 15.9 Å². The topological polar surface area (TPSA) is 89.3 Å². The SMILES string of the molecule is CCC=O.CNS(=O)c1ccc([N+](=O)[O-])cc1. The van der Waals surface area contributed by atoms with Crippen molar-refractivity contribution in [2.75, 3.05) is 7.05 Å². The molecule has 0 aliphatic carbocycles. The molecule has 0 amide bonds. The average molecular weight is 258 g/mol. The molecule has 7 heteroatoms. The maximum absolute atomic E-state index is 11.1. The van der Waals surface area contributed by atoms with Gasteiger partial charge >= 0.3 is 0 Å². The van der Waals surface area contributed by atoms with Crippen LogP contribution >= 0.6 is 0 Å². The number of nitrogens with zero attached hydrogens (tertiary/aromatic N) is 1. The molecule has 94 valence electrons. The number of hydrogen-bond acceptors (Lipinski definition) is 4. The second-order valence-electron chi connectivity index (χ2n) is 2.80. The summed E-state index contributed by atoms with van der Waals surface area (Å²) in [4.78, 5) is 19.5. The van der Waals surface area contributed by atoms with Crippen molar-refractivity contribution in [3.05, 3.63) is 34.4 Å². The number of carbonyl (C=O) groups excluding carboxylic acids is 1. The summed E-state index contributed by atoms with van der Waals surface area (Å²) in [5.74, 6) is 0. The van der Waals surface area contributed by atoms with E-state index in [2.05, 4.69) is 4.72 Å². The first-order chi connectivity index (χ1) is 8.06. The van der Waals surface area contributed by atoms with Crippen LogP contribution in [-0.4, -0.2) is 22.5 Å². The Morgan fingerprint density at radius 2 is 1.88 bits per heavy atom. The number of hydrogen-bond donors (Lipinski definition) is 1. The zero-order valence-corrected chi connectivity index (χ0v) is 10.4. The minimum Gasteiger partial charge on any atom is -0.303 e. The van der Waals surface area contributed by atoms with Crippen molar-refractivity contribution in [1.29, 1.82) is 0 Å². The van der Waals surface area contributed by atoms with Crippen LogP contribution in [0.3, 0.4) is 0 Å². The lowest BCUT2D eigenvalue weighted by atomic mass is 10.3. The molecule has 0 bridgehead atoms. The first-order valence-electron chi connectivity index (χ1n) is 4.84. The molecule has 0 aromatic heterocycles. The minimum absolute atomic E-state index is 0.00291. The fraction of sp³-hybridized carbons (Fsp3) is 0.300. The van der Waals surface area contributed by atoms with Crippen LogP contribution in [0.2, 0.25) is 0 Å².